The summed E-state index contributed by atoms with van der Waals surface area (Å²) in [6.07, 6.45) is 5.83. The van der Waals surface area contributed by atoms with E-state index in [1.165, 1.54) is 6.42 Å². The van der Waals surface area contributed by atoms with Crippen LogP contribution in [0, 0.1) is 6.92 Å². The van der Waals surface area contributed by atoms with Crippen LogP contribution in [0.2, 0.25) is 0 Å². The number of amides is 1. The molecule has 2 fully saturated rings. The van der Waals surface area contributed by atoms with Crippen molar-refractivity contribution >= 4 is 11.9 Å². The van der Waals surface area contributed by atoms with E-state index in [0.29, 0.717) is 18.2 Å². The first-order chi connectivity index (χ1) is 10.7. The van der Waals surface area contributed by atoms with Gasteiger partial charge in [-0.15, -0.1) is 0 Å². The molecule has 0 spiro atoms. The molecule has 3 rings (SSSR count). The first-order valence-electron chi connectivity index (χ1n) is 8.23. The highest BCUT2D eigenvalue weighted by molar-refractivity contribution is 5.92. The molecular weight excluding hydrogens is 280 g/mol. The lowest BCUT2D eigenvalue weighted by molar-refractivity contribution is 0.0853. The fourth-order valence-electron chi connectivity index (χ4n) is 3.01. The highest BCUT2D eigenvalue weighted by Gasteiger charge is 2.19. The maximum absolute atomic E-state index is 12.3. The van der Waals surface area contributed by atoms with Gasteiger partial charge in [-0.25, -0.2) is 9.97 Å². The Morgan fingerprint density at radius 3 is 2.86 bits per heavy atom. The van der Waals surface area contributed by atoms with Gasteiger partial charge in [0.15, 0.2) is 0 Å². The summed E-state index contributed by atoms with van der Waals surface area (Å²) in [7, 11) is 0. The molecule has 2 saturated heterocycles. The number of carbonyl (C=O) groups excluding carboxylic acids is 1. The van der Waals surface area contributed by atoms with Crippen molar-refractivity contribution in [2.75, 3.05) is 31.1 Å². The van der Waals surface area contributed by atoms with Crippen LogP contribution in [0.5, 0.6) is 0 Å². The van der Waals surface area contributed by atoms with Crippen LogP contribution in [0.25, 0.3) is 0 Å². The molecule has 0 aliphatic carbocycles. The maximum Gasteiger partial charge on any atom is 0.270 e. The Bertz CT molecular complexity index is 523. The molecule has 1 N–H and O–H groups in total. The lowest BCUT2D eigenvalue weighted by atomic mass is 10.1. The number of carbonyl (C=O) groups is 1. The summed E-state index contributed by atoms with van der Waals surface area (Å²) in [6, 6.07) is 1.75. The average Bonchev–Trinajstić information content (AvgIpc) is 3.06. The summed E-state index contributed by atoms with van der Waals surface area (Å²) in [6.45, 7) is 5.21. The Labute approximate surface area is 131 Å². The summed E-state index contributed by atoms with van der Waals surface area (Å²) >= 11 is 0. The van der Waals surface area contributed by atoms with E-state index in [1.807, 2.05) is 6.92 Å². The number of hydrogen-bond donors (Lipinski definition) is 1. The molecule has 3 heterocycles. The number of aryl methyl sites for hydroxylation is 1. The van der Waals surface area contributed by atoms with Crippen LogP contribution in [-0.2, 0) is 4.74 Å². The molecule has 0 unspecified atom stereocenters. The van der Waals surface area contributed by atoms with Gasteiger partial charge in [0.25, 0.3) is 5.91 Å². The smallest absolute Gasteiger partial charge is 0.270 e. The number of hydrogen-bond acceptors (Lipinski definition) is 5. The minimum atomic E-state index is -0.140. The number of aromatic nitrogens is 2. The molecule has 2 aliphatic rings. The largest absolute Gasteiger partial charge is 0.376 e. The predicted molar refractivity (Wildman–Crippen MR) is 84.1 cm³/mol. The summed E-state index contributed by atoms with van der Waals surface area (Å²) in [5.74, 6) is 0.543. The molecule has 1 amide bonds. The molecule has 1 aromatic heterocycles. The van der Waals surface area contributed by atoms with Crippen LogP contribution >= 0.6 is 0 Å². The second-order valence-electron chi connectivity index (χ2n) is 6.09. The fourth-order valence-corrected chi connectivity index (χ4v) is 3.01. The van der Waals surface area contributed by atoms with Gasteiger partial charge in [0.2, 0.25) is 5.95 Å². The Hall–Kier alpha value is -1.69. The van der Waals surface area contributed by atoms with Gasteiger partial charge in [0.05, 0.1) is 6.10 Å². The number of ether oxygens (including phenoxy) is 1. The van der Waals surface area contributed by atoms with Crippen molar-refractivity contribution in [1.29, 1.82) is 0 Å². The number of nitrogens with zero attached hydrogens (tertiary/aromatic N) is 3. The van der Waals surface area contributed by atoms with Gasteiger partial charge < -0.3 is 15.0 Å². The molecule has 2 aliphatic heterocycles. The zero-order valence-electron chi connectivity index (χ0n) is 13.2. The minimum absolute atomic E-state index is 0.140. The van der Waals surface area contributed by atoms with E-state index in [0.717, 1.165) is 51.1 Å². The van der Waals surface area contributed by atoms with E-state index >= 15 is 0 Å². The van der Waals surface area contributed by atoms with Gasteiger partial charge >= 0.3 is 0 Å². The Morgan fingerprint density at radius 1 is 1.32 bits per heavy atom. The molecule has 22 heavy (non-hydrogen) atoms. The van der Waals surface area contributed by atoms with Gasteiger partial charge in [-0.3, -0.25) is 4.79 Å². The molecular formula is C16H24N4O2. The zero-order valence-corrected chi connectivity index (χ0v) is 13.2. The van der Waals surface area contributed by atoms with Crippen molar-refractivity contribution in [2.45, 2.75) is 45.1 Å². The van der Waals surface area contributed by atoms with E-state index in [2.05, 4.69) is 20.2 Å². The summed E-state index contributed by atoms with van der Waals surface area (Å²) in [5.41, 5.74) is 1.28. The standard InChI is InChI=1S/C16H24N4O2/c1-12-10-14(15(21)17-11-13-6-5-9-22-13)19-16(18-12)20-7-3-2-4-8-20/h10,13H,2-9,11H2,1H3,(H,17,21)/t13-/m1/s1. The Morgan fingerprint density at radius 2 is 2.14 bits per heavy atom. The second-order valence-corrected chi connectivity index (χ2v) is 6.09. The van der Waals surface area contributed by atoms with E-state index in [9.17, 15) is 4.79 Å². The Balaban J connectivity index is 1.66. The highest BCUT2D eigenvalue weighted by Crippen LogP contribution is 2.17. The van der Waals surface area contributed by atoms with Crippen molar-refractivity contribution < 1.29 is 9.53 Å². The van der Waals surface area contributed by atoms with E-state index in [1.54, 1.807) is 6.07 Å². The third kappa shape index (κ3) is 3.74. The van der Waals surface area contributed by atoms with E-state index in [-0.39, 0.29) is 12.0 Å². The van der Waals surface area contributed by atoms with Crippen LogP contribution < -0.4 is 10.2 Å². The van der Waals surface area contributed by atoms with Crippen LogP contribution in [0.1, 0.15) is 48.3 Å². The van der Waals surface area contributed by atoms with Gasteiger partial charge in [0, 0.05) is 31.9 Å². The molecule has 1 atom stereocenters. The van der Waals surface area contributed by atoms with E-state index < -0.39 is 0 Å². The molecule has 120 valence electrons. The van der Waals surface area contributed by atoms with Gasteiger partial charge in [0.1, 0.15) is 5.69 Å². The van der Waals surface area contributed by atoms with Crippen molar-refractivity contribution in [2.24, 2.45) is 0 Å². The van der Waals surface area contributed by atoms with Crippen LogP contribution in [-0.4, -0.2) is 48.2 Å². The van der Waals surface area contributed by atoms with Gasteiger partial charge in [-0.05, 0) is 45.1 Å². The first-order valence-corrected chi connectivity index (χ1v) is 8.23. The van der Waals surface area contributed by atoms with Crippen LogP contribution in [0.4, 0.5) is 5.95 Å². The molecule has 0 bridgehead atoms. The van der Waals surface area contributed by atoms with Crippen LogP contribution in [0.15, 0.2) is 6.07 Å². The topological polar surface area (TPSA) is 67.3 Å². The lowest BCUT2D eigenvalue weighted by Crippen LogP contribution is -2.34. The van der Waals surface area contributed by atoms with Crippen molar-refractivity contribution in [3.63, 3.8) is 0 Å². The first kappa shape index (κ1) is 15.2. The molecule has 1 aromatic rings. The number of anilines is 1. The third-order valence-corrected chi connectivity index (χ3v) is 4.23. The monoisotopic (exact) mass is 304 g/mol. The SMILES string of the molecule is Cc1cc(C(=O)NC[C@H]2CCCO2)nc(N2CCCCC2)n1. The van der Waals surface area contributed by atoms with Crippen molar-refractivity contribution in [3.05, 3.63) is 17.5 Å². The lowest BCUT2D eigenvalue weighted by Gasteiger charge is -2.27. The quantitative estimate of drug-likeness (QED) is 0.917. The predicted octanol–water partition coefficient (Wildman–Crippen LogP) is 1.68. The normalized spacial score (nSPS) is 21.9. The summed E-state index contributed by atoms with van der Waals surface area (Å²) in [4.78, 5) is 23.4. The Kier molecular flexibility index (Phi) is 4.87. The number of piperidine rings is 1. The molecule has 6 heteroatoms. The second kappa shape index (κ2) is 7.05. The van der Waals surface area contributed by atoms with Gasteiger partial charge in [-0.2, -0.15) is 0 Å². The molecule has 0 saturated carbocycles. The molecule has 6 nitrogen and oxygen atoms in total. The van der Waals surface area contributed by atoms with Crippen LogP contribution in [0.3, 0.4) is 0 Å². The van der Waals surface area contributed by atoms with Gasteiger partial charge in [-0.1, -0.05) is 0 Å². The highest BCUT2D eigenvalue weighted by atomic mass is 16.5. The molecule has 0 aromatic carbocycles. The number of nitrogens with one attached hydrogen (secondary N) is 1. The molecule has 0 radical (unpaired) electrons. The zero-order chi connectivity index (χ0) is 15.4. The van der Waals surface area contributed by atoms with Crippen molar-refractivity contribution in [1.82, 2.24) is 15.3 Å². The summed E-state index contributed by atoms with van der Waals surface area (Å²) in [5, 5.41) is 2.93. The minimum Gasteiger partial charge on any atom is -0.376 e. The number of rotatable bonds is 4. The maximum atomic E-state index is 12.3. The fraction of sp³-hybridized carbons (Fsp3) is 0.688. The average molecular weight is 304 g/mol. The summed E-state index contributed by atoms with van der Waals surface area (Å²) < 4.78 is 5.53. The third-order valence-electron chi connectivity index (χ3n) is 4.23. The van der Waals surface area contributed by atoms with E-state index in [4.69, 9.17) is 4.74 Å². The van der Waals surface area contributed by atoms with Crippen molar-refractivity contribution in [3.8, 4) is 0 Å².